The molecule has 5 heteroatoms. The molecule has 0 spiro atoms. The minimum atomic E-state index is -0.241. The van der Waals surface area contributed by atoms with Gasteiger partial charge in [0, 0.05) is 29.2 Å². The molecule has 0 aliphatic carbocycles. The lowest BCUT2D eigenvalue weighted by atomic mass is 10.1. The zero-order chi connectivity index (χ0) is 15.7. The number of amides is 1. The largest absolute Gasteiger partial charge is 0.334 e. The van der Waals surface area contributed by atoms with Crippen molar-refractivity contribution in [3.8, 4) is 0 Å². The molecule has 1 saturated heterocycles. The molecule has 2 aromatic rings. The Hall–Kier alpha value is -1.46. The lowest BCUT2D eigenvalue weighted by molar-refractivity contribution is 0.0696. The normalized spacial score (nSPS) is 18.0. The molecule has 0 bridgehead atoms. The summed E-state index contributed by atoms with van der Waals surface area (Å²) >= 11 is 1.41. The molecule has 1 aliphatic heterocycles. The second kappa shape index (κ2) is 6.34. The third-order valence-electron chi connectivity index (χ3n) is 4.30. The van der Waals surface area contributed by atoms with Crippen molar-refractivity contribution < 1.29 is 9.18 Å². The number of hydrogen-bond donors (Lipinski definition) is 1. The van der Waals surface area contributed by atoms with Crippen LogP contribution < -0.4 is 5.32 Å². The predicted molar refractivity (Wildman–Crippen MR) is 89.1 cm³/mol. The van der Waals surface area contributed by atoms with E-state index in [1.807, 2.05) is 17.9 Å². The van der Waals surface area contributed by atoms with E-state index in [1.54, 1.807) is 6.07 Å². The van der Waals surface area contributed by atoms with Gasteiger partial charge in [-0.3, -0.25) is 4.79 Å². The SMILES string of the molecule is CCCN(C(=O)c1sc2cccc(F)c2c1C)C1CCNC1. The molecule has 2 heterocycles. The quantitative estimate of drug-likeness (QED) is 0.934. The van der Waals surface area contributed by atoms with Gasteiger partial charge in [-0.2, -0.15) is 0 Å². The number of nitrogens with one attached hydrogen (secondary N) is 1. The summed E-state index contributed by atoms with van der Waals surface area (Å²) in [6.07, 6.45) is 1.92. The average molecular weight is 320 g/mol. The van der Waals surface area contributed by atoms with Crippen molar-refractivity contribution in [1.82, 2.24) is 10.2 Å². The van der Waals surface area contributed by atoms with Crippen LogP contribution in [0.25, 0.3) is 10.1 Å². The van der Waals surface area contributed by atoms with Gasteiger partial charge in [0.25, 0.3) is 5.91 Å². The van der Waals surface area contributed by atoms with E-state index in [1.165, 1.54) is 17.4 Å². The Labute approximate surface area is 134 Å². The van der Waals surface area contributed by atoms with Crippen molar-refractivity contribution in [3.05, 3.63) is 34.5 Å². The Balaban J connectivity index is 1.99. The molecular formula is C17H21FN2OS. The van der Waals surface area contributed by atoms with Gasteiger partial charge in [-0.05, 0) is 44.0 Å². The van der Waals surface area contributed by atoms with Crippen molar-refractivity contribution in [2.24, 2.45) is 0 Å². The van der Waals surface area contributed by atoms with Crippen LogP contribution in [0.1, 0.15) is 35.0 Å². The summed E-state index contributed by atoms with van der Waals surface area (Å²) < 4.78 is 14.9. The number of aryl methyl sites for hydroxylation is 1. The van der Waals surface area contributed by atoms with E-state index in [2.05, 4.69) is 12.2 Å². The lowest BCUT2D eigenvalue weighted by Gasteiger charge is -2.28. The summed E-state index contributed by atoms with van der Waals surface area (Å²) in [4.78, 5) is 15.7. The molecule has 1 atom stereocenters. The zero-order valence-electron chi connectivity index (χ0n) is 13.0. The fraction of sp³-hybridized carbons (Fsp3) is 0.471. The molecule has 1 unspecified atom stereocenters. The van der Waals surface area contributed by atoms with Gasteiger partial charge in [0.15, 0.2) is 0 Å². The number of rotatable bonds is 4. The molecule has 1 aromatic carbocycles. The maximum absolute atomic E-state index is 14.0. The predicted octanol–water partition coefficient (Wildman–Crippen LogP) is 3.56. The van der Waals surface area contributed by atoms with Gasteiger partial charge in [-0.1, -0.05) is 13.0 Å². The second-order valence-electron chi connectivity index (χ2n) is 5.81. The molecule has 118 valence electrons. The molecule has 3 rings (SSSR count). The lowest BCUT2D eigenvalue weighted by Crippen LogP contribution is -2.42. The molecular weight excluding hydrogens is 299 g/mol. The first-order valence-electron chi connectivity index (χ1n) is 7.82. The number of nitrogens with zero attached hydrogens (tertiary/aromatic N) is 1. The highest BCUT2D eigenvalue weighted by atomic mass is 32.1. The van der Waals surface area contributed by atoms with E-state index in [0.717, 1.165) is 42.7 Å². The summed E-state index contributed by atoms with van der Waals surface area (Å²) in [6.45, 7) is 6.50. The molecule has 1 N–H and O–H groups in total. The Morgan fingerprint density at radius 2 is 2.32 bits per heavy atom. The van der Waals surface area contributed by atoms with Crippen LogP contribution in [0.3, 0.4) is 0 Å². The minimum absolute atomic E-state index is 0.0497. The number of halogens is 1. The van der Waals surface area contributed by atoms with Crippen LogP contribution in [-0.4, -0.2) is 36.5 Å². The van der Waals surface area contributed by atoms with E-state index in [0.29, 0.717) is 10.3 Å². The Morgan fingerprint density at radius 1 is 1.50 bits per heavy atom. The number of thiophene rings is 1. The monoisotopic (exact) mass is 320 g/mol. The first kappa shape index (κ1) is 15.4. The van der Waals surface area contributed by atoms with Crippen LogP contribution >= 0.6 is 11.3 Å². The fourth-order valence-electron chi connectivity index (χ4n) is 3.18. The molecule has 1 aliphatic rings. The fourth-order valence-corrected chi connectivity index (χ4v) is 4.36. The van der Waals surface area contributed by atoms with Crippen LogP contribution in [0.15, 0.2) is 18.2 Å². The van der Waals surface area contributed by atoms with Crippen molar-refractivity contribution in [3.63, 3.8) is 0 Å². The smallest absolute Gasteiger partial charge is 0.264 e. The summed E-state index contributed by atoms with van der Waals surface area (Å²) in [6, 6.07) is 5.30. The van der Waals surface area contributed by atoms with Gasteiger partial charge in [0.1, 0.15) is 5.82 Å². The standard InChI is InChI=1S/C17H21FN2OS/c1-3-9-20(12-7-8-19-10-12)17(21)16-11(2)15-13(18)5-4-6-14(15)22-16/h4-6,12,19H,3,7-10H2,1-2H3. The van der Waals surface area contributed by atoms with Crippen LogP contribution in [-0.2, 0) is 0 Å². The second-order valence-corrected chi connectivity index (χ2v) is 6.87. The maximum Gasteiger partial charge on any atom is 0.264 e. The third-order valence-corrected chi connectivity index (χ3v) is 5.54. The Kier molecular flexibility index (Phi) is 4.45. The van der Waals surface area contributed by atoms with Crippen LogP contribution in [0.4, 0.5) is 4.39 Å². The van der Waals surface area contributed by atoms with Crippen molar-refractivity contribution in [2.75, 3.05) is 19.6 Å². The van der Waals surface area contributed by atoms with Gasteiger partial charge < -0.3 is 10.2 Å². The van der Waals surface area contributed by atoms with Gasteiger partial charge in [-0.15, -0.1) is 11.3 Å². The van der Waals surface area contributed by atoms with E-state index in [4.69, 9.17) is 0 Å². The van der Waals surface area contributed by atoms with Gasteiger partial charge in [-0.25, -0.2) is 4.39 Å². The summed E-state index contributed by atoms with van der Waals surface area (Å²) in [5.74, 6) is -0.191. The highest BCUT2D eigenvalue weighted by Gasteiger charge is 2.29. The number of carbonyl (C=O) groups excluding carboxylic acids is 1. The number of carbonyl (C=O) groups is 1. The van der Waals surface area contributed by atoms with E-state index in [-0.39, 0.29) is 17.8 Å². The third kappa shape index (κ3) is 2.63. The van der Waals surface area contributed by atoms with E-state index in [9.17, 15) is 9.18 Å². The first-order valence-corrected chi connectivity index (χ1v) is 8.64. The molecule has 0 saturated carbocycles. The topological polar surface area (TPSA) is 32.3 Å². The molecule has 1 fully saturated rings. The van der Waals surface area contributed by atoms with Crippen molar-refractivity contribution in [2.45, 2.75) is 32.7 Å². The number of hydrogen-bond acceptors (Lipinski definition) is 3. The Bertz CT molecular complexity index is 691. The van der Waals surface area contributed by atoms with Crippen LogP contribution in [0, 0.1) is 12.7 Å². The molecule has 3 nitrogen and oxygen atoms in total. The summed E-state index contributed by atoms with van der Waals surface area (Å²) in [5, 5.41) is 3.91. The maximum atomic E-state index is 14.0. The zero-order valence-corrected chi connectivity index (χ0v) is 13.8. The number of fused-ring (bicyclic) bond motifs is 1. The number of benzene rings is 1. The highest BCUT2D eigenvalue weighted by molar-refractivity contribution is 7.21. The average Bonchev–Trinajstić information content (AvgIpc) is 3.13. The summed E-state index contributed by atoms with van der Waals surface area (Å²) in [7, 11) is 0. The minimum Gasteiger partial charge on any atom is -0.334 e. The molecule has 1 amide bonds. The van der Waals surface area contributed by atoms with Gasteiger partial charge >= 0.3 is 0 Å². The van der Waals surface area contributed by atoms with Crippen molar-refractivity contribution >= 4 is 27.3 Å². The highest BCUT2D eigenvalue weighted by Crippen LogP contribution is 2.33. The molecule has 1 aromatic heterocycles. The Morgan fingerprint density at radius 3 is 2.95 bits per heavy atom. The van der Waals surface area contributed by atoms with E-state index < -0.39 is 0 Å². The van der Waals surface area contributed by atoms with Crippen molar-refractivity contribution in [1.29, 1.82) is 0 Å². The molecule has 0 radical (unpaired) electrons. The van der Waals surface area contributed by atoms with Gasteiger partial charge in [0.2, 0.25) is 0 Å². The summed E-state index contributed by atoms with van der Waals surface area (Å²) in [5.41, 5.74) is 0.773. The van der Waals surface area contributed by atoms with E-state index >= 15 is 0 Å². The van der Waals surface area contributed by atoms with Gasteiger partial charge in [0.05, 0.1) is 4.88 Å². The van der Waals surface area contributed by atoms with Crippen LogP contribution in [0.2, 0.25) is 0 Å². The van der Waals surface area contributed by atoms with Crippen LogP contribution in [0.5, 0.6) is 0 Å². The first-order chi connectivity index (χ1) is 10.6. The molecule has 22 heavy (non-hydrogen) atoms.